The maximum absolute atomic E-state index is 13.5. The van der Waals surface area contributed by atoms with Gasteiger partial charge in [-0.1, -0.05) is 34.6 Å². The zero-order valence-electron chi connectivity index (χ0n) is 17.2. The number of aromatic nitrogens is 1. The summed E-state index contributed by atoms with van der Waals surface area (Å²) in [7, 11) is 0. The van der Waals surface area contributed by atoms with Crippen molar-refractivity contribution in [2.75, 3.05) is 5.32 Å². The lowest BCUT2D eigenvalue weighted by Gasteiger charge is -2.19. The Kier molecular flexibility index (Phi) is 5.85. The lowest BCUT2D eigenvalue weighted by molar-refractivity contribution is -0.123. The third-order valence-electron chi connectivity index (χ3n) is 4.83. The van der Waals surface area contributed by atoms with Crippen LogP contribution in [0.2, 0.25) is 0 Å². The van der Waals surface area contributed by atoms with Crippen LogP contribution in [0.1, 0.15) is 51.8 Å². The third-order valence-corrected chi connectivity index (χ3v) is 5.96. The Balaban J connectivity index is 2.29. The highest BCUT2D eigenvalue weighted by atomic mass is 127. The van der Waals surface area contributed by atoms with Gasteiger partial charge in [-0.15, -0.1) is 0 Å². The van der Waals surface area contributed by atoms with Crippen LogP contribution in [-0.4, -0.2) is 16.7 Å². The summed E-state index contributed by atoms with van der Waals surface area (Å²) in [5.74, 6) is -0.147. The standard InChI is InChI=1S/C23H25FIN3O/c1-13(2)21-20(25)17-11-18(27-22(29)23(3,4)5)14(12-26)10-19(17)28(21)16-8-6-15(24)7-9-16/h6-13,26H,1-5H3,(H,27,29). The fourth-order valence-corrected chi connectivity index (χ4v) is 4.54. The summed E-state index contributed by atoms with van der Waals surface area (Å²) in [6.45, 7) is 9.82. The van der Waals surface area contributed by atoms with Crippen molar-refractivity contribution < 1.29 is 9.18 Å². The van der Waals surface area contributed by atoms with Crippen molar-refractivity contribution >= 4 is 51.3 Å². The number of hydrogen-bond donors (Lipinski definition) is 2. The van der Waals surface area contributed by atoms with Crippen molar-refractivity contribution in [1.82, 2.24) is 4.57 Å². The Morgan fingerprint density at radius 2 is 1.83 bits per heavy atom. The Hall–Kier alpha value is -2.22. The van der Waals surface area contributed by atoms with Crippen LogP contribution in [0.5, 0.6) is 0 Å². The molecule has 3 aromatic rings. The van der Waals surface area contributed by atoms with Crippen molar-refractivity contribution in [3.8, 4) is 5.69 Å². The molecule has 0 aliphatic rings. The van der Waals surface area contributed by atoms with Gasteiger partial charge in [0.15, 0.2) is 0 Å². The highest BCUT2D eigenvalue weighted by molar-refractivity contribution is 14.1. The van der Waals surface area contributed by atoms with E-state index in [1.54, 1.807) is 12.1 Å². The third kappa shape index (κ3) is 4.08. The Bertz CT molecular complexity index is 1090. The molecule has 3 rings (SSSR count). The second-order valence-corrected chi connectivity index (χ2v) is 9.55. The largest absolute Gasteiger partial charge is 0.325 e. The van der Waals surface area contributed by atoms with Gasteiger partial charge in [-0.2, -0.15) is 0 Å². The van der Waals surface area contributed by atoms with E-state index in [1.165, 1.54) is 18.3 Å². The van der Waals surface area contributed by atoms with Crippen LogP contribution >= 0.6 is 22.6 Å². The number of benzene rings is 2. The van der Waals surface area contributed by atoms with E-state index < -0.39 is 5.41 Å². The molecule has 2 aromatic carbocycles. The van der Waals surface area contributed by atoms with Gasteiger partial charge in [0.2, 0.25) is 5.91 Å². The van der Waals surface area contributed by atoms with Gasteiger partial charge in [-0.05, 0) is 64.9 Å². The van der Waals surface area contributed by atoms with E-state index >= 15 is 0 Å². The van der Waals surface area contributed by atoms with Crippen molar-refractivity contribution in [3.05, 3.63) is 57.0 Å². The van der Waals surface area contributed by atoms with Crippen LogP contribution in [-0.2, 0) is 4.79 Å². The monoisotopic (exact) mass is 505 g/mol. The maximum atomic E-state index is 13.5. The van der Waals surface area contributed by atoms with Crippen LogP contribution in [0.15, 0.2) is 36.4 Å². The van der Waals surface area contributed by atoms with Crippen molar-refractivity contribution in [2.24, 2.45) is 5.41 Å². The minimum absolute atomic E-state index is 0.1000. The molecule has 4 nitrogen and oxygen atoms in total. The summed E-state index contributed by atoms with van der Waals surface area (Å²) in [6, 6.07) is 10.3. The molecule has 1 amide bonds. The molecule has 0 aliphatic heterocycles. The molecule has 152 valence electrons. The number of carbonyl (C=O) groups excluding carboxylic acids is 1. The van der Waals surface area contributed by atoms with Gasteiger partial charge in [0.1, 0.15) is 5.82 Å². The first-order valence-electron chi connectivity index (χ1n) is 9.50. The zero-order valence-corrected chi connectivity index (χ0v) is 19.4. The number of amides is 1. The van der Waals surface area contributed by atoms with E-state index in [4.69, 9.17) is 5.41 Å². The highest BCUT2D eigenvalue weighted by Gasteiger charge is 2.24. The second kappa shape index (κ2) is 7.89. The Labute approximate surface area is 184 Å². The summed E-state index contributed by atoms with van der Waals surface area (Å²) in [6.07, 6.45) is 1.25. The minimum Gasteiger partial charge on any atom is -0.325 e. The molecule has 0 saturated heterocycles. The van der Waals surface area contributed by atoms with Gasteiger partial charge >= 0.3 is 0 Å². The zero-order chi connectivity index (χ0) is 21.5. The molecule has 0 bridgehead atoms. The average Bonchev–Trinajstić information content (AvgIpc) is 2.93. The van der Waals surface area contributed by atoms with Crippen molar-refractivity contribution in [2.45, 2.75) is 40.5 Å². The molecule has 0 fully saturated rings. The molecule has 0 saturated carbocycles. The lowest BCUT2D eigenvalue weighted by atomic mass is 9.95. The Morgan fingerprint density at radius 1 is 1.21 bits per heavy atom. The van der Waals surface area contributed by atoms with Gasteiger partial charge in [0.05, 0.1) is 11.2 Å². The second-order valence-electron chi connectivity index (χ2n) is 8.47. The van der Waals surface area contributed by atoms with Crippen molar-refractivity contribution in [3.63, 3.8) is 0 Å². The number of nitrogens with zero attached hydrogens (tertiary/aromatic N) is 1. The predicted octanol–water partition coefficient (Wildman–Crippen LogP) is 6.48. The number of fused-ring (bicyclic) bond motifs is 1. The van der Waals surface area contributed by atoms with Gasteiger partial charge < -0.3 is 15.3 Å². The van der Waals surface area contributed by atoms with Crippen LogP contribution in [0, 0.1) is 20.2 Å². The van der Waals surface area contributed by atoms with Crippen molar-refractivity contribution in [1.29, 1.82) is 5.41 Å². The summed E-state index contributed by atoms with van der Waals surface area (Å²) >= 11 is 2.33. The number of halogens is 2. The topological polar surface area (TPSA) is 57.9 Å². The summed E-state index contributed by atoms with van der Waals surface area (Å²) < 4.78 is 16.7. The minimum atomic E-state index is -0.537. The molecule has 0 radical (unpaired) electrons. The Morgan fingerprint density at radius 3 is 2.34 bits per heavy atom. The van der Waals surface area contributed by atoms with Gasteiger partial charge in [0.25, 0.3) is 0 Å². The first-order valence-corrected chi connectivity index (χ1v) is 10.6. The molecule has 0 unspecified atom stereocenters. The number of nitrogens with one attached hydrogen (secondary N) is 2. The van der Waals surface area contributed by atoms with E-state index in [2.05, 4.69) is 46.3 Å². The number of carbonyl (C=O) groups is 1. The van der Waals surface area contributed by atoms with Crippen LogP contribution < -0.4 is 5.32 Å². The summed E-state index contributed by atoms with van der Waals surface area (Å²) in [5, 5.41) is 11.8. The van der Waals surface area contributed by atoms with E-state index in [1.807, 2.05) is 32.9 Å². The maximum Gasteiger partial charge on any atom is 0.229 e. The average molecular weight is 505 g/mol. The molecule has 1 heterocycles. The molecule has 0 atom stereocenters. The fraction of sp³-hybridized carbons (Fsp3) is 0.304. The van der Waals surface area contributed by atoms with E-state index in [0.717, 1.165) is 25.9 Å². The SMILES string of the molecule is CC(C)c1c(I)c2cc(NC(=O)C(C)(C)C)c(C=N)cc2n1-c1ccc(F)cc1. The fourth-order valence-electron chi connectivity index (χ4n) is 3.25. The quantitative estimate of drug-likeness (QED) is 0.310. The first-order chi connectivity index (χ1) is 13.5. The van der Waals surface area contributed by atoms with Crippen LogP contribution in [0.3, 0.4) is 0 Å². The smallest absolute Gasteiger partial charge is 0.229 e. The molecular weight excluding hydrogens is 480 g/mol. The first kappa shape index (κ1) is 21.5. The summed E-state index contributed by atoms with van der Waals surface area (Å²) in [4.78, 5) is 12.5. The number of rotatable bonds is 4. The molecule has 6 heteroatoms. The van der Waals surface area contributed by atoms with Gasteiger partial charge in [-0.25, -0.2) is 4.39 Å². The molecule has 0 aliphatic carbocycles. The lowest BCUT2D eigenvalue weighted by Crippen LogP contribution is -2.28. The van der Waals surface area contributed by atoms with Crippen LogP contribution in [0.4, 0.5) is 10.1 Å². The predicted molar refractivity (Wildman–Crippen MR) is 126 cm³/mol. The molecular formula is C23H25FIN3O. The molecule has 0 spiro atoms. The van der Waals surface area contributed by atoms with E-state index in [-0.39, 0.29) is 17.6 Å². The normalized spacial score (nSPS) is 11.9. The van der Waals surface area contributed by atoms with Gasteiger partial charge in [-0.3, -0.25) is 4.79 Å². The molecule has 29 heavy (non-hydrogen) atoms. The van der Waals surface area contributed by atoms with Gasteiger partial charge in [0, 0.05) is 37.5 Å². The molecule has 2 N–H and O–H groups in total. The number of hydrogen-bond acceptors (Lipinski definition) is 2. The van der Waals surface area contributed by atoms with E-state index in [0.29, 0.717) is 11.3 Å². The number of anilines is 1. The van der Waals surface area contributed by atoms with Crippen LogP contribution in [0.25, 0.3) is 16.6 Å². The highest BCUT2D eigenvalue weighted by Crippen LogP contribution is 2.37. The summed E-state index contributed by atoms with van der Waals surface area (Å²) in [5.41, 5.74) is 3.62. The molecule has 1 aromatic heterocycles. The van der Waals surface area contributed by atoms with E-state index in [9.17, 15) is 9.18 Å².